The average Bonchev–Trinajstić information content (AvgIpc) is 2.62. The quantitative estimate of drug-likeness (QED) is 0.116. The van der Waals surface area contributed by atoms with Crippen LogP contribution in [0.1, 0.15) is 39.5 Å². The van der Waals surface area contributed by atoms with E-state index in [2.05, 4.69) is 11.0 Å². The third-order valence-corrected chi connectivity index (χ3v) is 7.04. The minimum absolute atomic E-state index is 0.0144. The molecule has 0 aliphatic carbocycles. The first-order valence-electron chi connectivity index (χ1n) is 8.93. The van der Waals surface area contributed by atoms with Crippen molar-refractivity contribution in [2.75, 3.05) is 39.4 Å². The van der Waals surface area contributed by atoms with E-state index in [9.17, 15) is 13.7 Å². The van der Waals surface area contributed by atoms with Gasteiger partial charge in [0.05, 0.1) is 13.2 Å². The maximum Gasteiger partial charge on any atom is 0.719 e. The van der Waals surface area contributed by atoms with Crippen LogP contribution in [-0.4, -0.2) is 39.4 Å². The lowest BCUT2D eigenvalue weighted by atomic mass is 10.4. The summed E-state index contributed by atoms with van der Waals surface area (Å²) in [7, 11) is -11.9. The first-order valence-corrected chi connectivity index (χ1v) is 12.9. The predicted octanol–water partition coefficient (Wildman–Crippen LogP) is 2.49. The standard InChI is InChI=1S/C12H32N4O9P3/c1-3-5-11-20-27(18,22-15-9-7-13)24-26(17)25-28(19,21-12-6-4-2)23-16-10-8-14/h15-16H,3-14H2,1-2H3/q+1. The number of phosphoric acid groups is 2. The van der Waals surface area contributed by atoms with E-state index in [1.165, 1.54) is 0 Å². The maximum atomic E-state index is 12.5. The lowest BCUT2D eigenvalue weighted by molar-refractivity contribution is 0.0910. The molecule has 6 N–H and O–H groups in total. The Bertz CT molecular complexity index is 445. The van der Waals surface area contributed by atoms with Gasteiger partial charge in [-0.3, -0.25) is 9.05 Å². The zero-order chi connectivity index (χ0) is 21.3. The van der Waals surface area contributed by atoms with Crippen molar-refractivity contribution in [3.8, 4) is 0 Å². The molecule has 0 heterocycles. The highest BCUT2D eigenvalue weighted by Crippen LogP contribution is 2.63. The van der Waals surface area contributed by atoms with Gasteiger partial charge in [0.15, 0.2) is 0 Å². The van der Waals surface area contributed by atoms with Crippen molar-refractivity contribution < 1.29 is 40.6 Å². The predicted molar refractivity (Wildman–Crippen MR) is 103 cm³/mol. The molecule has 13 nitrogen and oxygen atoms in total. The normalized spacial score (nSPS) is 16.5. The van der Waals surface area contributed by atoms with Crippen molar-refractivity contribution in [1.82, 2.24) is 11.0 Å². The van der Waals surface area contributed by atoms with E-state index in [1.54, 1.807) is 0 Å². The first-order chi connectivity index (χ1) is 13.3. The topological polar surface area (TPSA) is 183 Å². The molecule has 0 saturated heterocycles. The number of hydrogen-bond donors (Lipinski definition) is 4. The highest BCUT2D eigenvalue weighted by Gasteiger charge is 2.48. The minimum atomic E-state index is -4.33. The minimum Gasteiger partial charge on any atom is -0.329 e. The molecule has 0 aromatic heterocycles. The molecule has 0 amide bonds. The molecule has 16 heteroatoms. The van der Waals surface area contributed by atoms with Crippen LogP contribution in [0.3, 0.4) is 0 Å². The Labute approximate surface area is 166 Å². The lowest BCUT2D eigenvalue weighted by Gasteiger charge is -2.14. The number of hydroxylamine groups is 2. The molecule has 2 unspecified atom stereocenters. The molecule has 0 saturated carbocycles. The Kier molecular flexibility index (Phi) is 17.0. The third-order valence-electron chi connectivity index (χ3n) is 2.67. The van der Waals surface area contributed by atoms with E-state index < -0.39 is 23.9 Å². The van der Waals surface area contributed by atoms with E-state index in [0.29, 0.717) is 12.8 Å². The zero-order valence-corrected chi connectivity index (χ0v) is 18.9. The van der Waals surface area contributed by atoms with Gasteiger partial charge in [0.2, 0.25) is 0 Å². The number of nitrogens with one attached hydrogen (secondary N) is 2. The average molecular weight is 469 g/mol. The fourth-order valence-electron chi connectivity index (χ4n) is 1.32. The third kappa shape index (κ3) is 14.2. The summed E-state index contributed by atoms with van der Waals surface area (Å²) in [5.41, 5.74) is 15.1. The van der Waals surface area contributed by atoms with Gasteiger partial charge in [0.25, 0.3) is 0 Å². The fraction of sp³-hybridized carbons (Fsp3) is 1.00. The van der Waals surface area contributed by atoms with Gasteiger partial charge in [-0.05, 0) is 21.5 Å². The molecule has 0 rings (SSSR count). The largest absolute Gasteiger partial charge is 0.719 e. The van der Waals surface area contributed by atoms with Crippen LogP contribution in [-0.2, 0) is 40.6 Å². The van der Waals surface area contributed by atoms with E-state index in [-0.39, 0.29) is 39.4 Å². The molecule has 0 aromatic carbocycles. The maximum absolute atomic E-state index is 12.5. The molecule has 0 radical (unpaired) electrons. The Morgan fingerprint density at radius 2 is 1.21 bits per heavy atom. The molecule has 0 bridgehead atoms. The summed E-state index contributed by atoms with van der Waals surface area (Å²) in [6, 6.07) is 0. The van der Waals surface area contributed by atoms with Crippen LogP contribution in [0.5, 0.6) is 0 Å². The van der Waals surface area contributed by atoms with Crippen LogP contribution in [0, 0.1) is 0 Å². The summed E-state index contributed by atoms with van der Waals surface area (Å²) in [4.78, 5) is 0. The van der Waals surface area contributed by atoms with Gasteiger partial charge in [-0.2, -0.15) is 20.2 Å². The van der Waals surface area contributed by atoms with Crippen molar-refractivity contribution in [1.29, 1.82) is 0 Å². The van der Waals surface area contributed by atoms with Gasteiger partial charge in [-0.15, -0.1) is 0 Å². The molecule has 0 aromatic rings. The number of hydrogen-bond acceptors (Lipinski definition) is 13. The molecule has 0 spiro atoms. The molecule has 0 aliphatic heterocycles. The van der Waals surface area contributed by atoms with E-state index in [1.807, 2.05) is 13.8 Å². The second kappa shape index (κ2) is 16.9. The molecule has 28 heavy (non-hydrogen) atoms. The highest BCUT2D eigenvalue weighted by atomic mass is 31.3. The summed E-state index contributed by atoms with van der Waals surface area (Å²) < 4.78 is 66.4. The van der Waals surface area contributed by atoms with Gasteiger partial charge in [0.1, 0.15) is 0 Å². The van der Waals surface area contributed by atoms with E-state index in [4.69, 9.17) is 38.4 Å². The summed E-state index contributed by atoms with van der Waals surface area (Å²) in [5.74, 6) is 0. The molecule has 0 fully saturated rings. The van der Waals surface area contributed by atoms with E-state index >= 15 is 0 Å². The Balaban J connectivity index is 4.94. The van der Waals surface area contributed by atoms with Crippen molar-refractivity contribution in [3.05, 3.63) is 0 Å². The zero-order valence-electron chi connectivity index (χ0n) is 16.2. The van der Waals surface area contributed by atoms with Crippen LogP contribution in [0.2, 0.25) is 0 Å². The Morgan fingerprint density at radius 1 is 0.821 bits per heavy atom. The lowest BCUT2D eigenvalue weighted by Crippen LogP contribution is -2.23. The van der Waals surface area contributed by atoms with Crippen LogP contribution >= 0.6 is 23.9 Å². The molecule has 0 aliphatic rings. The number of rotatable bonds is 20. The molecule has 2 atom stereocenters. The van der Waals surface area contributed by atoms with Crippen LogP contribution in [0.4, 0.5) is 0 Å². The monoisotopic (exact) mass is 469 g/mol. The summed E-state index contributed by atoms with van der Waals surface area (Å²) in [5, 5.41) is 0. The second-order valence-corrected chi connectivity index (χ2v) is 9.63. The molecular weight excluding hydrogens is 437 g/mol. The van der Waals surface area contributed by atoms with Gasteiger partial charge in [0, 0.05) is 30.7 Å². The van der Waals surface area contributed by atoms with Crippen LogP contribution in [0.15, 0.2) is 0 Å². The SMILES string of the molecule is CCCCOP(=O)(ONCCN)O[P+](=O)OP(=O)(OCCCC)ONCCN. The van der Waals surface area contributed by atoms with Gasteiger partial charge in [-0.25, -0.2) is 9.13 Å². The van der Waals surface area contributed by atoms with Gasteiger partial charge < -0.3 is 11.5 Å². The first kappa shape index (κ1) is 28.2. The van der Waals surface area contributed by atoms with Crippen molar-refractivity contribution in [3.63, 3.8) is 0 Å². The Morgan fingerprint density at radius 3 is 1.54 bits per heavy atom. The highest BCUT2D eigenvalue weighted by molar-refractivity contribution is 7.62. The number of unbranched alkanes of at least 4 members (excludes halogenated alkanes) is 2. The van der Waals surface area contributed by atoms with Crippen LogP contribution in [0.25, 0.3) is 0 Å². The summed E-state index contributed by atoms with van der Waals surface area (Å²) in [6.07, 6.45) is 2.60. The fourth-order valence-corrected chi connectivity index (χ4v) is 4.97. The van der Waals surface area contributed by atoms with Gasteiger partial charge in [-0.1, -0.05) is 26.7 Å². The summed E-state index contributed by atoms with van der Waals surface area (Å²) >= 11 is 0. The second-order valence-electron chi connectivity index (χ2n) is 5.20. The van der Waals surface area contributed by atoms with Crippen molar-refractivity contribution in [2.24, 2.45) is 11.5 Å². The summed E-state index contributed by atoms with van der Waals surface area (Å²) in [6.45, 7) is 4.43. The van der Waals surface area contributed by atoms with E-state index in [0.717, 1.165) is 12.8 Å². The van der Waals surface area contributed by atoms with Crippen molar-refractivity contribution >= 4 is 23.9 Å². The Hall–Kier alpha value is 0.160. The van der Waals surface area contributed by atoms with Gasteiger partial charge >= 0.3 is 23.9 Å². The van der Waals surface area contributed by atoms with Crippen molar-refractivity contribution in [2.45, 2.75) is 39.5 Å². The smallest absolute Gasteiger partial charge is 0.329 e. The number of nitrogens with two attached hydrogens (primary N) is 2. The molecule has 168 valence electrons. The van der Waals surface area contributed by atoms with Crippen LogP contribution < -0.4 is 22.4 Å². The molecular formula is C12H32N4O9P3+.